The van der Waals surface area contributed by atoms with Crippen LogP contribution in [0.1, 0.15) is 4.88 Å². The van der Waals surface area contributed by atoms with E-state index in [2.05, 4.69) is 5.32 Å². The summed E-state index contributed by atoms with van der Waals surface area (Å²) in [6.45, 7) is 0.787. The zero-order valence-corrected chi connectivity index (χ0v) is 14.5. The molecule has 0 spiro atoms. The highest BCUT2D eigenvalue weighted by molar-refractivity contribution is 7.10. The topological polar surface area (TPSA) is 58.6 Å². The number of hydrogen-bond donors (Lipinski definition) is 1. The van der Waals surface area contributed by atoms with Crippen molar-refractivity contribution in [1.82, 2.24) is 5.32 Å². The first-order valence-corrected chi connectivity index (χ1v) is 8.84. The molecule has 1 aliphatic heterocycles. The van der Waals surface area contributed by atoms with Gasteiger partial charge in [-0.1, -0.05) is 17.7 Å². The van der Waals surface area contributed by atoms with Gasteiger partial charge in [0.15, 0.2) is 0 Å². The van der Waals surface area contributed by atoms with Crippen molar-refractivity contribution < 1.29 is 14.3 Å². The summed E-state index contributed by atoms with van der Waals surface area (Å²) >= 11 is 7.44. The summed E-state index contributed by atoms with van der Waals surface area (Å²) in [4.78, 5) is 26.7. The first kappa shape index (κ1) is 17.0. The summed E-state index contributed by atoms with van der Waals surface area (Å²) in [5.74, 6) is -0.144. The van der Waals surface area contributed by atoms with Gasteiger partial charge in [-0.3, -0.25) is 9.59 Å². The number of ether oxygens (including phenoxy) is 1. The largest absolute Gasteiger partial charge is 0.365 e. The third-order valence-corrected chi connectivity index (χ3v) is 4.84. The summed E-state index contributed by atoms with van der Waals surface area (Å²) in [6.07, 6.45) is 0.134. The van der Waals surface area contributed by atoms with Gasteiger partial charge in [-0.15, -0.1) is 11.3 Å². The van der Waals surface area contributed by atoms with Gasteiger partial charge >= 0.3 is 0 Å². The molecule has 0 bridgehead atoms. The Labute approximate surface area is 149 Å². The Morgan fingerprint density at radius 3 is 2.83 bits per heavy atom. The monoisotopic (exact) mass is 364 g/mol. The molecule has 0 saturated carbocycles. The average molecular weight is 365 g/mol. The first-order valence-electron chi connectivity index (χ1n) is 7.58. The molecular weight excluding hydrogens is 348 g/mol. The minimum atomic E-state index is -0.231. The van der Waals surface area contributed by atoms with Crippen LogP contribution in [0.2, 0.25) is 5.02 Å². The van der Waals surface area contributed by atoms with Crippen LogP contribution in [0, 0.1) is 0 Å². The van der Waals surface area contributed by atoms with E-state index in [0.29, 0.717) is 24.5 Å². The molecule has 1 aliphatic rings. The highest BCUT2D eigenvalue weighted by Gasteiger charge is 2.27. The Hall–Kier alpha value is -1.89. The standard InChI is InChI=1S/C17H17ClN2O3S/c18-12-3-5-13(6-4-12)20-10-14(23-11-17(20)22)9-19-16(21)8-15-2-1-7-24-15/h1-7,14H,8-11H2,(H,19,21). The van der Waals surface area contributed by atoms with Crippen LogP contribution in [-0.2, 0) is 20.7 Å². The van der Waals surface area contributed by atoms with E-state index in [1.54, 1.807) is 40.5 Å². The maximum Gasteiger partial charge on any atom is 0.253 e. The minimum absolute atomic E-state index is 0.00802. The van der Waals surface area contributed by atoms with E-state index >= 15 is 0 Å². The molecular formula is C17H17ClN2O3S. The average Bonchev–Trinajstić information content (AvgIpc) is 3.08. The van der Waals surface area contributed by atoms with E-state index in [1.807, 2.05) is 17.5 Å². The molecule has 3 rings (SSSR count). The predicted octanol–water partition coefficient (Wildman–Crippen LogP) is 2.49. The van der Waals surface area contributed by atoms with E-state index in [0.717, 1.165) is 10.6 Å². The van der Waals surface area contributed by atoms with Crippen molar-refractivity contribution in [3.63, 3.8) is 0 Å². The van der Waals surface area contributed by atoms with Crippen molar-refractivity contribution in [3.8, 4) is 0 Å². The second-order valence-corrected chi connectivity index (χ2v) is 6.94. The van der Waals surface area contributed by atoms with Gasteiger partial charge in [-0.05, 0) is 35.7 Å². The Balaban J connectivity index is 1.54. The minimum Gasteiger partial charge on any atom is -0.365 e. The van der Waals surface area contributed by atoms with Crippen molar-refractivity contribution in [2.75, 3.05) is 24.6 Å². The summed E-state index contributed by atoms with van der Waals surface area (Å²) in [7, 11) is 0. The van der Waals surface area contributed by atoms with E-state index in [-0.39, 0.29) is 24.5 Å². The van der Waals surface area contributed by atoms with Crippen molar-refractivity contribution >= 4 is 40.4 Å². The molecule has 7 heteroatoms. The van der Waals surface area contributed by atoms with Crippen LogP contribution in [0.25, 0.3) is 0 Å². The highest BCUT2D eigenvalue weighted by atomic mass is 35.5. The van der Waals surface area contributed by atoms with E-state index in [1.165, 1.54) is 0 Å². The molecule has 2 heterocycles. The molecule has 2 aromatic rings. The van der Waals surface area contributed by atoms with Gasteiger partial charge in [0.1, 0.15) is 6.61 Å². The molecule has 1 aromatic carbocycles. The number of halogens is 1. The maximum atomic E-state index is 12.1. The Bertz CT molecular complexity index is 703. The zero-order chi connectivity index (χ0) is 16.9. The van der Waals surface area contributed by atoms with Crippen LogP contribution in [0.4, 0.5) is 5.69 Å². The lowest BCUT2D eigenvalue weighted by Crippen LogP contribution is -2.50. The number of thiophene rings is 1. The molecule has 1 fully saturated rings. The lowest BCUT2D eigenvalue weighted by atomic mass is 10.2. The van der Waals surface area contributed by atoms with Crippen molar-refractivity contribution in [3.05, 3.63) is 51.7 Å². The van der Waals surface area contributed by atoms with E-state index < -0.39 is 0 Å². The van der Waals surface area contributed by atoms with Gasteiger partial charge in [-0.2, -0.15) is 0 Å². The molecule has 1 aromatic heterocycles. The first-order chi connectivity index (χ1) is 11.6. The third-order valence-electron chi connectivity index (χ3n) is 3.71. The molecule has 24 heavy (non-hydrogen) atoms. The quantitative estimate of drug-likeness (QED) is 0.886. The van der Waals surface area contributed by atoms with Crippen molar-refractivity contribution in [1.29, 1.82) is 0 Å². The van der Waals surface area contributed by atoms with Crippen LogP contribution in [-0.4, -0.2) is 37.6 Å². The van der Waals surface area contributed by atoms with Crippen molar-refractivity contribution in [2.24, 2.45) is 0 Å². The van der Waals surface area contributed by atoms with Gasteiger partial charge in [0.05, 0.1) is 19.1 Å². The third kappa shape index (κ3) is 4.35. The lowest BCUT2D eigenvalue weighted by molar-refractivity contribution is -0.129. The molecule has 0 radical (unpaired) electrons. The van der Waals surface area contributed by atoms with Gasteiger partial charge in [0.2, 0.25) is 5.91 Å². The smallest absolute Gasteiger partial charge is 0.253 e. The highest BCUT2D eigenvalue weighted by Crippen LogP contribution is 2.21. The second-order valence-electron chi connectivity index (χ2n) is 5.47. The maximum absolute atomic E-state index is 12.1. The fraction of sp³-hybridized carbons (Fsp3) is 0.294. The second kappa shape index (κ2) is 7.79. The summed E-state index contributed by atoms with van der Waals surface area (Å²) < 4.78 is 5.52. The van der Waals surface area contributed by atoms with Gasteiger partial charge in [0, 0.05) is 22.1 Å². The Kier molecular flexibility index (Phi) is 5.50. The summed E-state index contributed by atoms with van der Waals surface area (Å²) in [6, 6.07) is 11.0. The van der Waals surface area contributed by atoms with Crippen LogP contribution in [0.15, 0.2) is 41.8 Å². The van der Waals surface area contributed by atoms with Crippen LogP contribution in [0.3, 0.4) is 0 Å². The number of morpholine rings is 1. The molecule has 126 valence electrons. The molecule has 1 N–H and O–H groups in total. The predicted molar refractivity (Wildman–Crippen MR) is 94.6 cm³/mol. The number of carbonyl (C=O) groups is 2. The zero-order valence-electron chi connectivity index (χ0n) is 12.9. The lowest BCUT2D eigenvalue weighted by Gasteiger charge is -2.32. The number of nitrogens with one attached hydrogen (secondary N) is 1. The fourth-order valence-electron chi connectivity index (χ4n) is 2.48. The van der Waals surface area contributed by atoms with Crippen molar-refractivity contribution in [2.45, 2.75) is 12.5 Å². The number of anilines is 1. The van der Waals surface area contributed by atoms with Crippen LogP contribution < -0.4 is 10.2 Å². The molecule has 1 unspecified atom stereocenters. The summed E-state index contributed by atoms with van der Waals surface area (Å²) in [5, 5.41) is 5.44. The number of benzene rings is 1. The van der Waals surface area contributed by atoms with Gasteiger partial charge in [0.25, 0.3) is 5.91 Å². The number of carbonyl (C=O) groups excluding carboxylic acids is 2. The molecule has 5 nitrogen and oxygen atoms in total. The Morgan fingerprint density at radius 1 is 1.33 bits per heavy atom. The molecule has 1 saturated heterocycles. The number of nitrogens with zero attached hydrogens (tertiary/aromatic N) is 1. The fourth-order valence-corrected chi connectivity index (χ4v) is 3.31. The van der Waals surface area contributed by atoms with Crippen LogP contribution >= 0.6 is 22.9 Å². The number of hydrogen-bond acceptors (Lipinski definition) is 4. The number of amides is 2. The van der Waals surface area contributed by atoms with Gasteiger partial charge < -0.3 is 15.0 Å². The SMILES string of the molecule is O=C(Cc1cccs1)NCC1CN(c2ccc(Cl)cc2)C(=O)CO1. The van der Waals surface area contributed by atoms with Crippen LogP contribution in [0.5, 0.6) is 0 Å². The van der Waals surface area contributed by atoms with E-state index in [9.17, 15) is 9.59 Å². The molecule has 2 amide bonds. The summed E-state index contributed by atoms with van der Waals surface area (Å²) in [5.41, 5.74) is 0.780. The normalized spacial score (nSPS) is 17.8. The number of rotatable bonds is 5. The molecule has 0 aliphatic carbocycles. The van der Waals surface area contributed by atoms with E-state index in [4.69, 9.17) is 16.3 Å². The Morgan fingerprint density at radius 2 is 2.12 bits per heavy atom. The van der Waals surface area contributed by atoms with Gasteiger partial charge in [-0.25, -0.2) is 0 Å². The molecule has 1 atom stereocenters.